The quantitative estimate of drug-likeness (QED) is 0.813. The number of carbonyl (C=O) groups excluding carboxylic acids is 1. The third-order valence-corrected chi connectivity index (χ3v) is 3.93. The van der Waals surface area contributed by atoms with Crippen molar-refractivity contribution in [1.82, 2.24) is 4.98 Å². The van der Waals surface area contributed by atoms with Gasteiger partial charge in [-0.3, -0.25) is 0 Å². The Morgan fingerprint density at radius 3 is 2.89 bits per heavy atom. The maximum atomic E-state index is 11.4. The van der Waals surface area contributed by atoms with Crippen molar-refractivity contribution in [2.24, 2.45) is 0 Å². The minimum absolute atomic E-state index is 0.277. The lowest BCUT2D eigenvalue weighted by atomic mass is 10.1. The van der Waals surface area contributed by atoms with E-state index < -0.39 is 5.97 Å². The molecular formula is C12H17N3O2S. The van der Waals surface area contributed by atoms with Gasteiger partial charge in [-0.1, -0.05) is 0 Å². The van der Waals surface area contributed by atoms with Gasteiger partial charge in [-0.25, -0.2) is 9.78 Å². The Hall–Kier alpha value is -1.43. The first-order valence-electron chi connectivity index (χ1n) is 5.90. The molecule has 1 aromatic rings. The van der Waals surface area contributed by atoms with Crippen LogP contribution < -0.4 is 11.1 Å². The van der Waals surface area contributed by atoms with Crippen LogP contribution in [-0.4, -0.2) is 35.6 Å². The number of carbonyl (C=O) groups is 1. The van der Waals surface area contributed by atoms with Crippen LogP contribution in [0.4, 0.5) is 11.5 Å². The lowest BCUT2D eigenvalue weighted by molar-refractivity contribution is 0.0594. The molecule has 0 bridgehead atoms. The monoisotopic (exact) mass is 267 g/mol. The zero-order valence-electron chi connectivity index (χ0n) is 10.3. The Labute approximate surface area is 110 Å². The zero-order chi connectivity index (χ0) is 13.0. The van der Waals surface area contributed by atoms with E-state index in [0.29, 0.717) is 17.5 Å². The molecule has 0 unspecified atom stereocenters. The van der Waals surface area contributed by atoms with Gasteiger partial charge in [0.2, 0.25) is 0 Å². The van der Waals surface area contributed by atoms with Crippen LogP contribution >= 0.6 is 11.8 Å². The molecule has 1 saturated heterocycles. The summed E-state index contributed by atoms with van der Waals surface area (Å²) in [5.74, 6) is 2.43. The highest BCUT2D eigenvalue weighted by Gasteiger charge is 2.16. The fourth-order valence-electron chi connectivity index (χ4n) is 1.84. The normalized spacial score (nSPS) is 16.3. The molecule has 2 heterocycles. The van der Waals surface area contributed by atoms with Crippen molar-refractivity contribution in [2.75, 3.05) is 29.7 Å². The van der Waals surface area contributed by atoms with E-state index in [1.54, 1.807) is 12.1 Å². The molecule has 1 aromatic heterocycles. The van der Waals surface area contributed by atoms with E-state index in [9.17, 15) is 4.79 Å². The van der Waals surface area contributed by atoms with Gasteiger partial charge in [-0.05, 0) is 36.5 Å². The summed E-state index contributed by atoms with van der Waals surface area (Å²) in [4.78, 5) is 15.6. The van der Waals surface area contributed by atoms with Gasteiger partial charge in [0.25, 0.3) is 0 Å². The average molecular weight is 267 g/mol. The number of nitrogens with zero attached hydrogens (tertiary/aromatic N) is 1. The minimum atomic E-state index is -0.447. The first-order chi connectivity index (χ1) is 8.70. The Balaban J connectivity index is 2.12. The molecule has 0 atom stereocenters. The molecule has 1 aliphatic heterocycles. The molecule has 98 valence electrons. The SMILES string of the molecule is COC(=O)c1ccc(N)c(NC2CCSCC2)n1. The van der Waals surface area contributed by atoms with E-state index in [4.69, 9.17) is 5.73 Å². The van der Waals surface area contributed by atoms with Crippen LogP contribution in [0.2, 0.25) is 0 Å². The van der Waals surface area contributed by atoms with Crippen LogP contribution in [0.1, 0.15) is 23.3 Å². The number of nitrogens with one attached hydrogen (secondary N) is 1. The number of thioether (sulfide) groups is 1. The summed E-state index contributed by atoms with van der Waals surface area (Å²) in [6.07, 6.45) is 2.18. The number of ether oxygens (including phenoxy) is 1. The van der Waals surface area contributed by atoms with Crippen molar-refractivity contribution < 1.29 is 9.53 Å². The van der Waals surface area contributed by atoms with Crippen LogP contribution in [0, 0.1) is 0 Å². The Morgan fingerprint density at radius 2 is 2.22 bits per heavy atom. The summed E-state index contributed by atoms with van der Waals surface area (Å²) in [7, 11) is 1.34. The van der Waals surface area contributed by atoms with E-state index in [-0.39, 0.29) is 5.69 Å². The Morgan fingerprint density at radius 1 is 1.50 bits per heavy atom. The highest BCUT2D eigenvalue weighted by atomic mass is 32.2. The second-order valence-corrected chi connectivity index (χ2v) is 5.38. The summed E-state index contributed by atoms with van der Waals surface area (Å²) >= 11 is 1.96. The van der Waals surface area contributed by atoms with Gasteiger partial charge >= 0.3 is 5.97 Å². The molecule has 1 aliphatic rings. The van der Waals surface area contributed by atoms with Gasteiger partial charge in [0.05, 0.1) is 12.8 Å². The first kappa shape index (κ1) is 13.0. The van der Waals surface area contributed by atoms with Gasteiger partial charge in [0.15, 0.2) is 5.69 Å². The van der Waals surface area contributed by atoms with Gasteiger partial charge in [0.1, 0.15) is 5.82 Å². The summed E-state index contributed by atoms with van der Waals surface area (Å²) in [6, 6.07) is 3.64. The molecule has 6 heteroatoms. The second-order valence-electron chi connectivity index (χ2n) is 4.16. The van der Waals surface area contributed by atoms with Gasteiger partial charge in [-0.15, -0.1) is 0 Å². The van der Waals surface area contributed by atoms with Crippen LogP contribution in [0.5, 0.6) is 0 Å². The van der Waals surface area contributed by atoms with Gasteiger partial charge in [0, 0.05) is 6.04 Å². The Bertz CT molecular complexity index is 433. The standard InChI is InChI=1S/C12H17N3O2S/c1-17-12(16)10-3-2-9(13)11(15-10)14-8-4-6-18-7-5-8/h2-3,8H,4-7,13H2,1H3,(H,14,15). The molecule has 18 heavy (non-hydrogen) atoms. The van der Waals surface area contributed by atoms with Crippen molar-refractivity contribution in [2.45, 2.75) is 18.9 Å². The third kappa shape index (κ3) is 3.07. The summed E-state index contributed by atoms with van der Waals surface area (Å²) in [6.45, 7) is 0. The van der Waals surface area contributed by atoms with Gasteiger partial charge in [-0.2, -0.15) is 11.8 Å². The van der Waals surface area contributed by atoms with Crippen molar-refractivity contribution in [1.29, 1.82) is 0 Å². The summed E-state index contributed by atoms with van der Waals surface area (Å²) < 4.78 is 4.65. The topological polar surface area (TPSA) is 77.2 Å². The number of pyridine rings is 1. The smallest absolute Gasteiger partial charge is 0.356 e. The van der Waals surface area contributed by atoms with E-state index >= 15 is 0 Å². The zero-order valence-corrected chi connectivity index (χ0v) is 11.1. The third-order valence-electron chi connectivity index (χ3n) is 2.88. The number of aromatic nitrogens is 1. The number of anilines is 2. The lowest BCUT2D eigenvalue weighted by Gasteiger charge is -2.23. The molecule has 0 aromatic carbocycles. The number of esters is 1. The van der Waals surface area contributed by atoms with E-state index in [1.807, 2.05) is 11.8 Å². The number of rotatable bonds is 3. The predicted octanol–water partition coefficient (Wildman–Crippen LogP) is 1.76. The first-order valence-corrected chi connectivity index (χ1v) is 7.05. The number of hydrogen-bond donors (Lipinski definition) is 2. The molecule has 0 radical (unpaired) electrons. The number of nitrogen functional groups attached to an aromatic ring is 1. The Kier molecular flexibility index (Phi) is 4.30. The molecule has 0 amide bonds. The van der Waals surface area contributed by atoms with E-state index in [1.165, 1.54) is 7.11 Å². The maximum absolute atomic E-state index is 11.4. The van der Waals surface area contributed by atoms with Crippen molar-refractivity contribution >= 4 is 29.2 Å². The number of hydrogen-bond acceptors (Lipinski definition) is 6. The van der Waals surface area contributed by atoms with Crippen molar-refractivity contribution in [3.8, 4) is 0 Å². The molecule has 1 fully saturated rings. The number of nitrogens with two attached hydrogens (primary N) is 1. The van der Waals surface area contributed by atoms with Gasteiger partial charge < -0.3 is 15.8 Å². The fraction of sp³-hybridized carbons (Fsp3) is 0.500. The molecule has 2 rings (SSSR count). The lowest BCUT2D eigenvalue weighted by Crippen LogP contribution is -2.26. The van der Waals surface area contributed by atoms with Crippen molar-refractivity contribution in [3.63, 3.8) is 0 Å². The average Bonchev–Trinajstić information content (AvgIpc) is 2.41. The molecule has 5 nitrogen and oxygen atoms in total. The predicted molar refractivity (Wildman–Crippen MR) is 74.0 cm³/mol. The van der Waals surface area contributed by atoms with Crippen LogP contribution in [0.15, 0.2) is 12.1 Å². The summed E-state index contributed by atoms with van der Waals surface area (Å²) in [5.41, 5.74) is 6.70. The molecule has 3 N–H and O–H groups in total. The second kappa shape index (κ2) is 5.95. The van der Waals surface area contributed by atoms with Crippen LogP contribution in [0.25, 0.3) is 0 Å². The fourth-order valence-corrected chi connectivity index (χ4v) is 2.95. The van der Waals surface area contributed by atoms with E-state index in [2.05, 4.69) is 15.0 Å². The molecular weight excluding hydrogens is 250 g/mol. The maximum Gasteiger partial charge on any atom is 0.356 e. The van der Waals surface area contributed by atoms with Crippen LogP contribution in [0.3, 0.4) is 0 Å². The summed E-state index contributed by atoms with van der Waals surface area (Å²) in [5, 5.41) is 3.31. The van der Waals surface area contributed by atoms with Crippen molar-refractivity contribution in [3.05, 3.63) is 17.8 Å². The minimum Gasteiger partial charge on any atom is -0.464 e. The highest BCUT2D eigenvalue weighted by Crippen LogP contribution is 2.23. The molecule has 0 spiro atoms. The highest BCUT2D eigenvalue weighted by molar-refractivity contribution is 7.99. The van der Waals surface area contributed by atoms with E-state index in [0.717, 1.165) is 24.3 Å². The molecule has 0 saturated carbocycles. The van der Waals surface area contributed by atoms with Crippen LogP contribution in [-0.2, 0) is 4.74 Å². The molecule has 0 aliphatic carbocycles. The largest absolute Gasteiger partial charge is 0.464 e. The number of methoxy groups -OCH3 is 1.